The summed E-state index contributed by atoms with van der Waals surface area (Å²) in [7, 11) is 0. The van der Waals surface area contributed by atoms with Crippen LogP contribution >= 0.6 is 23.2 Å². The molecule has 1 aliphatic carbocycles. The molecule has 2 fully saturated rings. The maximum Gasteiger partial charge on any atom is 0.310 e. The normalized spacial score (nSPS) is 25.1. The van der Waals surface area contributed by atoms with Gasteiger partial charge < -0.3 is 15.2 Å². The number of carboxylic acids is 1. The van der Waals surface area contributed by atoms with E-state index in [2.05, 4.69) is 5.32 Å². The largest absolute Gasteiger partial charge is 0.481 e. The van der Waals surface area contributed by atoms with E-state index >= 15 is 0 Å². The number of halogens is 2. The van der Waals surface area contributed by atoms with Gasteiger partial charge in [0.05, 0.1) is 23.8 Å². The second-order valence-corrected chi connectivity index (χ2v) is 11.8. The monoisotopic (exact) mass is 531 g/mol. The Kier molecular flexibility index (Phi) is 7.40. The summed E-state index contributed by atoms with van der Waals surface area (Å²) in [6.45, 7) is 5.31. The Morgan fingerprint density at radius 1 is 1.08 bits per heavy atom. The molecule has 8 heteroatoms. The fraction of sp³-hybridized carbons (Fsp3) is 0.464. The summed E-state index contributed by atoms with van der Waals surface area (Å²) in [6.07, 6.45) is 1.20. The molecule has 1 saturated carbocycles. The Balaban J connectivity index is 1.83. The lowest BCUT2D eigenvalue weighted by molar-refractivity contribution is -0.174. The maximum atomic E-state index is 14.0. The zero-order valence-electron chi connectivity index (χ0n) is 20.6. The molecule has 1 heterocycles. The highest BCUT2D eigenvalue weighted by Crippen LogP contribution is 2.56. The zero-order valence-corrected chi connectivity index (χ0v) is 22.1. The SMILES string of the molecule is CC(C)(C)OC(=O)[C@@H](C1CC1)[C@]1(CC(=O)O)C[C@H](c2cccc(Cl)c2)[C@@H](c2ccc(Cl)cc2)NC1=O. The van der Waals surface area contributed by atoms with Crippen LogP contribution in [0.5, 0.6) is 0 Å². The second-order valence-electron chi connectivity index (χ2n) is 10.9. The van der Waals surface area contributed by atoms with Gasteiger partial charge in [-0.05, 0) is 81.3 Å². The molecule has 4 atom stereocenters. The number of hydrogen-bond acceptors (Lipinski definition) is 4. The van der Waals surface area contributed by atoms with Crippen LogP contribution in [0.1, 0.15) is 69.5 Å². The smallest absolute Gasteiger partial charge is 0.310 e. The van der Waals surface area contributed by atoms with Crippen LogP contribution < -0.4 is 5.32 Å². The summed E-state index contributed by atoms with van der Waals surface area (Å²) in [5, 5.41) is 14.2. The highest BCUT2D eigenvalue weighted by atomic mass is 35.5. The van der Waals surface area contributed by atoms with Crippen LogP contribution in [0.4, 0.5) is 0 Å². The van der Waals surface area contributed by atoms with Crippen LogP contribution in [0.2, 0.25) is 10.0 Å². The van der Waals surface area contributed by atoms with Gasteiger partial charge in [0.15, 0.2) is 0 Å². The Bertz CT molecular complexity index is 1160. The first kappa shape index (κ1) is 26.5. The summed E-state index contributed by atoms with van der Waals surface area (Å²) in [5.41, 5.74) is -0.540. The van der Waals surface area contributed by atoms with E-state index in [4.69, 9.17) is 27.9 Å². The molecular weight excluding hydrogens is 501 g/mol. The molecule has 0 spiro atoms. The van der Waals surface area contributed by atoms with E-state index in [0.29, 0.717) is 10.0 Å². The molecule has 2 aliphatic rings. The molecule has 192 valence electrons. The van der Waals surface area contributed by atoms with E-state index in [9.17, 15) is 19.5 Å². The molecule has 0 radical (unpaired) electrons. The van der Waals surface area contributed by atoms with Gasteiger partial charge in [0.2, 0.25) is 5.91 Å². The molecule has 0 unspecified atom stereocenters. The highest BCUT2D eigenvalue weighted by Gasteiger charge is 2.60. The maximum absolute atomic E-state index is 14.0. The van der Waals surface area contributed by atoms with Crippen LogP contribution in [0.15, 0.2) is 48.5 Å². The summed E-state index contributed by atoms with van der Waals surface area (Å²) in [4.78, 5) is 39.7. The minimum absolute atomic E-state index is 0.1000. The summed E-state index contributed by atoms with van der Waals surface area (Å²) < 4.78 is 5.75. The van der Waals surface area contributed by atoms with E-state index in [-0.39, 0.29) is 18.3 Å². The third-order valence-electron chi connectivity index (χ3n) is 7.05. The van der Waals surface area contributed by atoms with Crippen molar-refractivity contribution < 1.29 is 24.2 Å². The molecular formula is C28H31Cl2NO5. The number of piperidine rings is 1. The van der Waals surface area contributed by atoms with E-state index in [1.54, 1.807) is 39.0 Å². The molecule has 0 aromatic heterocycles. The third kappa shape index (κ3) is 5.70. The minimum atomic E-state index is -1.47. The fourth-order valence-electron chi connectivity index (χ4n) is 5.49. The number of nitrogens with one attached hydrogen (secondary N) is 1. The predicted octanol–water partition coefficient (Wildman–Crippen LogP) is 6.17. The number of carbonyl (C=O) groups excluding carboxylic acids is 2. The number of benzene rings is 2. The van der Waals surface area contributed by atoms with Crippen molar-refractivity contribution in [1.82, 2.24) is 5.32 Å². The molecule has 1 saturated heterocycles. The predicted molar refractivity (Wildman–Crippen MR) is 138 cm³/mol. The number of aliphatic carboxylic acids is 1. The lowest BCUT2D eigenvalue weighted by Crippen LogP contribution is -2.57. The van der Waals surface area contributed by atoms with Crippen LogP contribution in [0.3, 0.4) is 0 Å². The van der Waals surface area contributed by atoms with Crippen LogP contribution in [-0.2, 0) is 19.1 Å². The first-order valence-electron chi connectivity index (χ1n) is 12.2. The molecule has 36 heavy (non-hydrogen) atoms. The Morgan fingerprint density at radius 3 is 2.31 bits per heavy atom. The topological polar surface area (TPSA) is 92.7 Å². The standard InChI is InChI=1S/C28H31Cl2NO5/c1-27(2,3)36-25(34)23(16-7-8-16)28(15-22(32)33)14-21(18-5-4-6-20(30)13-18)24(31-26(28)35)17-9-11-19(29)12-10-17/h4-6,9-13,16,21,23-24H,7-8,14-15H2,1-3H3,(H,31,35)(H,32,33)/t21-,23-,24-,28-/m1/s1. The van der Waals surface area contributed by atoms with Crippen molar-refractivity contribution in [2.75, 3.05) is 0 Å². The van der Waals surface area contributed by atoms with Crippen LogP contribution in [0.25, 0.3) is 0 Å². The number of ether oxygens (including phenoxy) is 1. The second kappa shape index (κ2) is 10.1. The van der Waals surface area contributed by atoms with E-state index in [1.165, 1.54) is 0 Å². The molecule has 0 bridgehead atoms. The number of hydrogen-bond donors (Lipinski definition) is 2. The molecule has 2 aromatic carbocycles. The number of carbonyl (C=O) groups is 3. The molecule has 1 aliphatic heterocycles. The first-order chi connectivity index (χ1) is 16.9. The molecule has 6 nitrogen and oxygen atoms in total. The van der Waals surface area contributed by atoms with Gasteiger partial charge in [-0.1, -0.05) is 47.5 Å². The Labute approximate surface area is 221 Å². The van der Waals surface area contributed by atoms with Crippen molar-refractivity contribution in [3.05, 3.63) is 69.7 Å². The Hall–Kier alpha value is -2.57. The lowest BCUT2D eigenvalue weighted by atomic mass is 9.60. The highest BCUT2D eigenvalue weighted by molar-refractivity contribution is 6.30. The Morgan fingerprint density at radius 2 is 1.75 bits per heavy atom. The summed E-state index contributed by atoms with van der Waals surface area (Å²) in [6, 6.07) is 14.1. The van der Waals surface area contributed by atoms with E-state index in [0.717, 1.165) is 24.0 Å². The van der Waals surface area contributed by atoms with Crippen molar-refractivity contribution >= 4 is 41.0 Å². The van der Waals surface area contributed by atoms with Crippen molar-refractivity contribution in [2.45, 2.75) is 64.0 Å². The third-order valence-corrected chi connectivity index (χ3v) is 7.53. The number of amides is 1. The van der Waals surface area contributed by atoms with Crippen molar-refractivity contribution in [3.63, 3.8) is 0 Å². The van der Waals surface area contributed by atoms with Gasteiger partial charge in [-0.15, -0.1) is 0 Å². The average molecular weight is 532 g/mol. The van der Waals surface area contributed by atoms with Crippen molar-refractivity contribution in [1.29, 1.82) is 0 Å². The number of carboxylic acid groups (broad SMARTS) is 1. The van der Waals surface area contributed by atoms with Gasteiger partial charge in [0.1, 0.15) is 5.60 Å². The summed E-state index contributed by atoms with van der Waals surface area (Å²) in [5.74, 6) is -3.38. The van der Waals surface area contributed by atoms with Gasteiger partial charge in [-0.2, -0.15) is 0 Å². The van der Waals surface area contributed by atoms with Gasteiger partial charge in [-0.3, -0.25) is 14.4 Å². The van der Waals surface area contributed by atoms with Gasteiger partial charge in [0.25, 0.3) is 0 Å². The quantitative estimate of drug-likeness (QED) is 0.417. The average Bonchev–Trinajstić information content (AvgIpc) is 3.59. The molecule has 2 N–H and O–H groups in total. The van der Waals surface area contributed by atoms with Gasteiger partial charge in [-0.25, -0.2) is 0 Å². The van der Waals surface area contributed by atoms with Crippen molar-refractivity contribution in [2.24, 2.45) is 17.3 Å². The zero-order chi connectivity index (χ0) is 26.3. The van der Waals surface area contributed by atoms with E-state index in [1.807, 2.05) is 30.3 Å². The van der Waals surface area contributed by atoms with Crippen LogP contribution in [0, 0.1) is 17.3 Å². The number of esters is 1. The van der Waals surface area contributed by atoms with Crippen LogP contribution in [-0.4, -0.2) is 28.6 Å². The van der Waals surface area contributed by atoms with E-state index < -0.39 is 47.2 Å². The molecule has 4 rings (SSSR count). The van der Waals surface area contributed by atoms with Gasteiger partial charge in [0, 0.05) is 16.0 Å². The fourth-order valence-corrected chi connectivity index (χ4v) is 5.81. The van der Waals surface area contributed by atoms with Gasteiger partial charge >= 0.3 is 11.9 Å². The molecule has 2 aromatic rings. The summed E-state index contributed by atoms with van der Waals surface area (Å²) >= 11 is 12.4. The lowest BCUT2D eigenvalue weighted by Gasteiger charge is -2.47. The number of rotatable bonds is 7. The molecule has 1 amide bonds. The first-order valence-corrected chi connectivity index (χ1v) is 12.9. The van der Waals surface area contributed by atoms with Crippen molar-refractivity contribution in [3.8, 4) is 0 Å². The minimum Gasteiger partial charge on any atom is -0.481 e.